The minimum absolute atomic E-state index is 0.122. The van der Waals surface area contributed by atoms with E-state index in [1.54, 1.807) is 12.4 Å². The smallest absolute Gasteiger partial charge is 0.129 e. The number of pyridine rings is 1. The molecule has 0 aromatic carbocycles. The van der Waals surface area contributed by atoms with Gasteiger partial charge < -0.3 is 15.3 Å². The van der Waals surface area contributed by atoms with Crippen molar-refractivity contribution in [2.75, 3.05) is 0 Å². The number of aliphatic hydroxyl groups is 3. The molecule has 36 heavy (non-hydrogen) atoms. The molecule has 4 aliphatic carbocycles. The fraction of sp³-hybridized carbons (Fsp3) is 0.767. The van der Waals surface area contributed by atoms with E-state index in [0.29, 0.717) is 29.6 Å². The Kier molecular flexibility index (Phi) is 6.17. The molecule has 0 aliphatic heterocycles. The van der Waals surface area contributed by atoms with Gasteiger partial charge in [0, 0.05) is 24.2 Å². The normalized spacial score (nSPS) is 45.1. The Hall–Kier alpha value is -1.63. The van der Waals surface area contributed by atoms with Crippen LogP contribution in [0.25, 0.3) is 10.9 Å². The van der Waals surface area contributed by atoms with E-state index in [9.17, 15) is 15.3 Å². The molecule has 2 heterocycles. The SMILES string of the molecule is C[C@H](CCc1ncc2ccncc2n1)[C@H]1CC[C@H]2[C@H]3C(C[C@H](O)[C@]12C)[C@@]1(C)CC[C@@H](O)C[C@H]1C[C@H]3O. The largest absolute Gasteiger partial charge is 0.393 e. The van der Waals surface area contributed by atoms with E-state index in [2.05, 4.69) is 30.7 Å². The van der Waals surface area contributed by atoms with Crippen molar-refractivity contribution in [1.82, 2.24) is 15.0 Å². The molecule has 0 spiro atoms. The van der Waals surface area contributed by atoms with Gasteiger partial charge in [0.25, 0.3) is 0 Å². The van der Waals surface area contributed by atoms with Gasteiger partial charge in [0.15, 0.2) is 0 Å². The summed E-state index contributed by atoms with van der Waals surface area (Å²) in [6, 6.07) is 1.94. The average molecular weight is 494 g/mol. The zero-order valence-electron chi connectivity index (χ0n) is 22.1. The molecule has 2 aromatic heterocycles. The lowest BCUT2D eigenvalue weighted by molar-refractivity contribution is -0.207. The summed E-state index contributed by atoms with van der Waals surface area (Å²) in [6.45, 7) is 7.07. The second-order valence-electron chi connectivity index (χ2n) is 13.3. The molecule has 3 N–H and O–H groups in total. The maximum absolute atomic E-state index is 11.8. The fourth-order valence-electron chi connectivity index (χ4n) is 9.72. The molecule has 0 bridgehead atoms. The first-order valence-corrected chi connectivity index (χ1v) is 14.3. The van der Waals surface area contributed by atoms with Gasteiger partial charge in [-0.15, -0.1) is 0 Å². The van der Waals surface area contributed by atoms with Gasteiger partial charge in [0.05, 0.1) is 30.0 Å². The van der Waals surface area contributed by atoms with Crippen LogP contribution in [0.4, 0.5) is 0 Å². The Bertz CT molecular complexity index is 1110. The van der Waals surface area contributed by atoms with Crippen molar-refractivity contribution in [3.05, 3.63) is 30.5 Å². The van der Waals surface area contributed by atoms with Crippen LogP contribution in [0.15, 0.2) is 24.7 Å². The van der Waals surface area contributed by atoms with Crippen LogP contribution in [-0.4, -0.2) is 48.6 Å². The third-order valence-electron chi connectivity index (χ3n) is 11.8. The van der Waals surface area contributed by atoms with E-state index in [1.807, 2.05) is 12.3 Å². The molecular formula is C30H43N3O3. The molecule has 6 rings (SSSR count). The van der Waals surface area contributed by atoms with Gasteiger partial charge >= 0.3 is 0 Å². The summed E-state index contributed by atoms with van der Waals surface area (Å²) in [7, 11) is 0. The van der Waals surface area contributed by atoms with Gasteiger partial charge in [-0.2, -0.15) is 0 Å². The number of aromatic nitrogens is 3. The molecular weight excluding hydrogens is 450 g/mol. The predicted molar refractivity (Wildman–Crippen MR) is 139 cm³/mol. The standard InChI is InChI=1S/C30H43N3O3/c1-17(4-7-27-32-15-18-9-11-31-16-24(18)33-27)21-5-6-22-28-23(14-26(36)30(21,22)3)29(2)10-8-20(34)12-19(29)13-25(28)35/h9,11,15-17,19-23,25-26,28,34-36H,4-8,10,12-14H2,1-3H3/t17-,19+,20-,21-,22+,23?,25-,26+,28+,29+,30-/m1/s1. The minimum Gasteiger partial charge on any atom is -0.393 e. The molecule has 6 nitrogen and oxygen atoms in total. The van der Waals surface area contributed by atoms with E-state index in [0.717, 1.165) is 74.5 Å². The number of aliphatic hydroxyl groups excluding tert-OH is 3. The molecule has 4 aliphatic rings. The first-order chi connectivity index (χ1) is 17.2. The average Bonchev–Trinajstić information content (AvgIpc) is 3.22. The van der Waals surface area contributed by atoms with Crippen LogP contribution in [0.3, 0.4) is 0 Å². The maximum Gasteiger partial charge on any atom is 0.129 e. The Morgan fingerprint density at radius 1 is 1.03 bits per heavy atom. The second-order valence-corrected chi connectivity index (χ2v) is 13.3. The zero-order chi connectivity index (χ0) is 25.2. The Morgan fingerprint density at radius 2 is 1.86 bits per heavy atom. The predicted octanol–water partition coefficient (Wildman–Crippen LogP) is 4.55. The number of fused-ring (bicyclic) bond motifs is 6. The highest BCUT2D eigenvalue weighted by molar-refractivity contribution is 5.76. The Morgan fingerprint density at radius 3 is 2.69 bits per heavy atom. The summed E-state index contributed by atoms with van der Waals surface area (Å²) in [5, 5.41) is 34.6. The van der Waals surface area contributed by atoms with Crippen molar-refractivity contribution in [3.63, 3.8) is 0 Å². The highest BCUT2D eigenvalue weighted by atomic mass is 16.3. The summed E-state index contributed by atoms with van der Waals surface area (Å²) in [6.07, 6.45) is 12.9. The van der Waals surface area contributed by atoms with E-state index in [-0.39, 0.29) is 35.1 Å². The van der Waals surface area contributed by atoms with Crippen LogP contribution in [0.2, 0.25) is 0 Å². The van der Waals surface area contributed by atoms with Crippen molar-refractivity contribution < 1.29 is 15.3 Å². The highest BCUT2D eigenvalue weighted by Gasteiger charge is 2.65. The zero-order valence-corrected chi connectivity index (χ0v) is 22.1. The molecule has 4 fully saturated rings. The van der Waals surface area contributed by atoms with Crippen LogP contribution >= 0.6 is 0 Å². The van der Waals surface area contributed by atoms with E-state index in [1.165, 1.54) is 0 Å². The van der Waals surface area contributed by atoms with Crippen molar-refractivity contribution >= 4 is 10.9 Å². The molecule has 1 unspecified atom stereocenters. The molecule has 0 saturated heterocycles. The van der Waals surface area contributed by atoms with Crippen LogP contribution in [0.1, 0.15) is 78.0 Å². The van der Waals surface area contributed by atoms with Crippen molar-refractivity contribution in [2.24, 2.45) is 46.3 Å². The third-order valence-corrected chi connectivity index (χ3v) is 11.8. The summed E-state index contributed by atoms with van der Waals surface area (Å²) in [5.74, 6) is 3.10. The van der Waals surface area contributed by atoms with Gasteiger partial charge in [-0.05, 0) is 104 Å². The van der Waals surface area contributed by atoms with Crippen molar-refractivity contribution in [1.29, 1.82) is 0 Å². The quantitative estimate of drug-likeness (QED) is 0.578. The van der Waals surface area contributed by atoms with Gasteiger partial charge in [0.1, 0.15) is 5.82 Å². The molecule has 0 amide bonds. The number of hydrogen-bond donors (Lipinski definition) is 3. The van der Waals surface area contributed by atoms with Gasteiger partial charge in [-0.25, -0.2) is 9.97 Å². The third kappa shape index (κ3) is 3.73. The molecule has 196 valence electrons. The van der Waals surface area contributed by atoms with Crippen LogP contribution in [0, 0.1) is 46.3 Å². The first-order valence-electron chi connectivity index (χ1n) is 14.3. The highest BCUT2D eigenvalue weighted by Crippen LogP contribution is 2.68. The Balaban J connectivity index is 1.20. The monoisotopic (exact) mass is 493 g/mol. The number of hydrogen-bond acceptors (Lipinski definition) is 6. The summed E-state index contributed by atoms with van der Waals surface area (Å²) >= 11 is 0. The summed E-state index contributed by atoms with van der Waals surface area (Å²) in [4.78, 5) is 13.5. The lowest BCUT2D eigenvalue weighted by Gasteiger charge is -2.63. The lowest BCUT2D eigenvalue weighted by atomic mass is 9.43. The maximum atomic E-state index is 11.8. The molecule has 4 saturated carbocycles. The van der Waals surface area contributed by atoms with Gasteiger partial charge in [0.2, 0.25) is 0 Å². The molecule has 6 heteroatoms. The molecule has 11 atom stereocenters. The summed E-state index contributed by atoms with van der Waals surface area (Å²) < 4.78 is 0. The van der Waals surface area contributed by atoms with Gasteiger partial charge in [-0.1, -0.05) is 20.8 Å². The lowest BCUT2D eigenvalue weighted by Crippen LogP contribution is -2.62. The topological polar surface area (TPSA) is 99.4 Å². The number of aryl methyl sites for hydroxylation is 1. The Labute approximate surface area is 215 Å². The van der Waals surface area contributed by atoms with Crippen LogP contribution in [0.5, 0.6) is 0 Å². The van der Waals surface area contributed by atoms with E-state index >= 15 is 0 Å². The fourth-order valence-corrected chi connectivity index (χ4v) is 9.72. The molecule has 0 radical (unpaired) electrons. The van der Waals surface area contributed by atoms with Gasteiger partial charge in [-0.3, -0.25) is 4.98 Å². The minimum atomic E-state index is -0.337. The van der Waals surface area contributed by atoms with Crippen LogP contribution in [-0.2, 0) is 6.42 Å². The number of nitrogens with zero attached hydrogens (tertiary/aromatic N) is 3. The summed E-state index contributed by atoms with van der Waals surface area (Å²) in [5.41, 5.74) is 0.856. The van der Waals surface area contributed by atoms with E-state index in [4.69, 9.17) is 4.98 Å². The number of rotatable bonds is 4. The second kappa shape index (κ2) is 8.99. The van der Waals surface area contributed by atoms with Crippen molar-refractivity contribution in [3.8, 4) is 0 Å². The van der Waals surface area contributed by atoms with Crippen LogP contribution < -0.4 is 0 Å². The van der Waals surface area contributed by atoms with Crippen molar-refractivity contribution in [2.45, 2.75) is 96.9 Å². The first kappa shape index (κ1) is 24.7. The molecule has 2 aromatic rings. The van der Waals surface area contributed by atoms with E-state index < -0.39 is 0 Å².